The highest BCUT2D eigenvalue weighted by Gasteiger charge is 2.27. The smallest absolute Gasteiger partial charge is 0.252 e. The number of methoxy groups -OCH3 is 1. The Morgan fingerprint density at radius 2 is 1.84 bits per heavy atom. The van der Waals surface area contributed by atoms with Gasteiger partial charge in [-0.25, -0.2) is 12.8 Å². The lowest BCUT2D eigenvalue weighted by atomic mass is 10.1. The number of sulfonamides is 1. The molecule has 0 spiro atoms. The van der Waals surface area contributed by atoms with Crippen molar-refractivity contribution in [2.75, 3.05) is 7.11 Å². The third-order valence-corrected chi connectivity index (χ3v) is 6.64. The number of benzene rings is 2. The van der Waals surface area contributed by atoms with Crippen molar-refractivity contribution < 1.29 is 22.0 Å². The average molecular weight is 442 g/mol. The van der Waals surface area contributed by atoms with Gasteiger partial charge in [0, 0.05) is 23.0 Å². The first-order chi connectivity index (χ1) is 14.9. The molecular formula is C22H19FN2O5S. The summed E-state index contributed by atoms with van der Waals surface area (Å²) in [5.41, 5.74) is 0.447. The normalized spacial score (nSPS) is 11.8. The molecule has 0 saturated heterocycles. The maximum atomic E-state index is 13.3. The van der Waals surface area contributed by atoms with E-state index in [1.54, 1.807) is 36.4 Å². The second-order valence-electron chi connectivity index (χ2n) is 6.88. The van der Waals surface area contributed by atoms with Crippen LogP contribution >= 0.6 is 0 Å². The Hall–Kier alpha value is -3.43. The van der Waals surface area contributed by atoms with Crippen molar-refractivity contribution in [3.63, 3.8) is 0 Å². The minimum Gasteiger partial charge on any atom is -0.497 e. The molecule has 0 fully saturated rings. The monoisotopic (exact) mass is 442 g/mol. The van der Waals surface area contributed by atoms with Gasteiger partial charge in [-0.3, -0.25) is 4.79 Å². The number of halogens is 1. The molecule has 0 bridgehead atoms. The second kappa shape index (κ2) is 8.37. The molecule has 31 heavy (non-hydrogen) atoms. The van der Waals surface area contributed by atoms with Crippen molar-refractivity contribution >= 4 is 20.9 Å². The number of aromatic amines is 1. The molecule has 2 aromatic carbocycles. The van der Waals surface area contributed by atoms with Crippen LogP contribution in [0.1, 0.15) is 11.3 Å². The van der Waals surface area contributed by atoms with Crippen molar-refractivity contribution in [3.8, 4) is 5.75 Å². The fraction of sp³-hybridized carbons (Fsp3) is 0.136. The molecule has 0 aliphatic heterocycles. The standard InChI is InChI=1S/C22H19FN2O5S/c1-29-18-6-9-21-15(12-18)11-16(22(26)24-21)13-25(14-19-3-2-10-30-19)31(27,28)20-7-4-17(23)5-8-20/h2-12H,13-14H2,1H3,(H,24,26). The molecular weight excluding hydrogens is 423 g/mol. The minimum absolute atomic E-state index is 0.0839. The first-order valence-electron chi connectivity index (χ1n) is 9.35. The topological polar surface area (TPSA) is 92.6 Å². The van der Waals surface area contributed by atoms with Gasteiger partial charge in [-0.05, 0) is 60.7 Å². The number of ether oxygens (including phenoxy) is 1. The highest BCUT2D eigenvalue weighted by Crippen LogP contribution is 2.23. The average Bonchev–Trinajstić information content (AvgIpc) is 3.27. The van der Waals surface area contributed by atoms with Gasteiger partial charge in [0.15, 0.2) is 0 Å². The Bertz CT molecular complexity index is 1360. The van der Waals surface area contributed by atoms with Crippen LogP contribution in [0.2, 0.25) is 0 Å². The molecule has 0 aliphatic rings. The predicted octanol–water partition coefficient (Wildman–Crippen LogP) is 3.66. The molecule has 4 rings (SSSR count). The predicted molar refractivity (Wildman–Crippen MR) is 113 cm³/mol. The van der Waals surface area contributed by atoms with Gasteiger partial charge in [-0.15, -0.1) is 0 Å². The lowest BCUT2D eigenvalue weighted by Crippen LogP contribution is -2.32. The van der Waals surface area contributed by atoms with Crippen LogP contribution in [0.25, 0.3) is 10.9 Å². The van der Waals surface area contributed by atoms with Crippen molar-refractivity contribution in [2.45, 2.75) is 18.0 Å². The van der Waals surface area contributed by atoms with Gasteiger partial charge in [-0.1, -0.05) is 0 Å². The lowest BCUT2D eigenvalue weighted by Gasteiger charge is -2.21. The van der Waals surface area contributed by atoms with E-state index in [2.05, 4.69) is 4.98 Å². The van der Waals surface area contributed by atoms with Crippen LogP contribution in [-0.4, -0.2) is 24.8 Å². The van der Waals surface area contributed by atoms with E-state index in [-0.39, 0.29) is 23.5 Å². The first kappa shape index (κ1) is 20.8. The maximum absolute atomic E-state index is 13.3. The highest BCUT2D eigenvalue weighted by molar-refractivity contribution is 7.89. The van der Waals surface area contributed by atoms with Crippen molar-refractivity contribution in [3.05, 3.63) is 94.4 Å². The number of H-pyrrole nitrogens is 1. The number of hydrogen-bond acceptors (Lipinski definition) is 5. The molecule has 2 aromatic heterocycles. The number of furan rings is 1. The molecule has 0 amide bonds. The van der Waals surface area contributed by atoms with E-state index in [0.29, 0.717) is 22.4 Å². The highest BCUT2D eigenvalue weighted by atomic mass is 32.2. The van der Waals surface area contributed by atoms with Crippen LogP contribution in [0.3, 0.4) is 0 Å². The van der Waals surface area contributed by atoms with E-state index < -0.39 is 21.4 Å². The number of fused-ring (bicyclic) bond motifs is 1. The quantitative estimate of drug-likeness (QED) is 0.472. The van der Waals surface area contributed by atoms with E-state index in [1.165, 1.54) is 25.5 Å². The minimum atomic E-state index is -4.05. The number of nitrogens with zero attached hydrogens (tertiary/aromatic N) is 1. The molecule has 4 aromatic rings. The number of pyridine rings is 1. The van der Waals surface area contributed by atoms with Crippen LogP contribution in [0.5, 0.6) is 5.75 Å². The molecule has 0 saturated carbocycles. The summed E-state index contributed by atoms with van der Waals surface area (Å²) in [6.45, 7) is -0.300. The van der Waals surface area contributed by atoms with E-state index in [1.807, 2.05) is 0 Å². The van der Waals surface area contributed by atoms with Gasteiger partial charge in [0.2, 0.25) is 10.0 Å². The van der Waals surface area contributed by atoms with Crippen LogP contribution in [0.4, 0.5) is 4.39 Å². The van der Waals surface area contributed by atoms with Gasteiger partial charge < -0.3 is 14.1 Å². The number of aromatic nitrogens is 1. The molecule has 160 valence electrons. The van der Waals surface area contributed by atoms with Gasteiger partial charge in [0.1, 0.15) is 17.3 Å². The summed E-state index contributed by atoms with van der Waals surface area (Å²) >= 11 is 0. The Morgan fingerprint density at radius 1 is 1.06 bits per heavy atom. The molecule has 9 heteroatoms. The molecule has 1 N–H and O–H groups in total. The summed E-state index contributed by atoms with van der Waals surface area (Å²) in [4.78, 5) is 15.3. The Balaban J connectivity index is 1.76. The summed E-state index contributed by atoms with van der Waals surface area (Å²) in [5.74, 6) is 0.470. The summed E-state index contributed by atoms with van der Waals surface area (Å²) in [7, 11) is -2.51. The van der Waals surface area contributed by atoms with E-state index in [0.717, 1.165) is 16.4 Å². The van der Waals surface area contributed by atoms with Gasteiger partial charge in [0.05, 0.1) is 24.8 Å². The fourth-order valence-electron chi connectivity index (χ4n) is 3.22. The third-order valence-electron chi connectivity index (χ3n) is 4.84. The summed E-state index contributed by atoms with van der Waals surface area (Å²) in [5, 5.41) is 0.700. The number of nitrogens with one attached hydrogen (secondary N) is 1. The first-order valence-corrected chi connectivity index (χ1v) is 10.8. The molecule has 2 heterocycles. The maximum Gasteiger partial charge on any atom is 0.252 e. The fourth-order valence-corrected chi connectivity index (χ4v) is 4.61. The molecule has 0 atom stereocenters. The van der Waals surface area contributed by atoms with E-state index in [9.17, 15) is 17.6 Å². The van der Waals surface area contributed by atoms with Crippen LogP contribution in [-0.2, 0) is 23.1 Å². The second-order valence-corrected chi connectivity index (χ2v) is 8.82. The van der Waals surface area contributed by atoms with E-state index in [4.69, 9.17) is 9.15 Å². The molecule has 0 unspecified atom stereocenters. The van der Waals surface area contributed by atoms with Crippen molar-refractivity contribution in [1.82, 2.24) is 9.29 Å². The number of rotatable bonds is 7. The van der Waals surface area contributed by atoms with Gasteiger partial charge >= 0.3 is 0 Å². The zero-order valence-electron chi connectivity index (χ0n) is 16.5. The zero-order valence-corrected chi connectivity index (χ0v) is 17.4. The van der Waals surface area contributed by atoms with E-state index >= 15 is 0 Å². The van der Waals surface area contributed by atoms with Crippen LogP contribution in [0, 0.1) is 5.82 Å². The van der Waals surface area contributed by atoms with Crippen molar-refractivity contribution in [1.29, 1.82) is 0 Å². The Morgan fingerprint density at radius 3 is 2.52 bits per heavy atom. The summed E-state index contributed by atoms with van der Waals surface area (Å²) < 4.78 is 51.5. The molecule has 7 nitrogen and oxygen atoms in total. The molecule has 0 aliphatic carbocycles. The zero-order chi connectivity index (χ0) is 22.0. The summed E-state index contributed by atoms with van der Waals surface area (Å²) in [6, 6.07) is 14.6. The SMILES string of the molecule is COc1ccc2[nH]c(=O)c(CN(Cc3ccco3)S(=O)(=O)c3ccc(F)cc3)cc2c1. The largest absolute Gasteiger partial charge is 0.497 e. The summed E-state index contributed by atoms with van der Waals surface area (Å²) in [6.07, 6.45) is 1.44. The third kappa shape index (κ3) is 4.37. The Labute approximate surface area is 177 Å². The van der Waals surface area contributed by atoms with Crippen LogP contribution in [0.15, 0.2) is 81.0 Å². The van der Waals surface area contributed by atoms with Crippen molar-refractivity contribution in [2.24, 2.45) is 0 Å². The Kier molecular flexibility index (Phi) is 5.62. The lowest BCUT2D eigenvalue weighted by molar-refractivity contribution is 0.357. The number of hydrogen-bond donors (Lipinski definition) is 1. The van der Waals surface area contributed by atoms with Gasteiger partial charge in [-0.2, -0.15) is 4.31 Å². The molecule has 0 radical (unpaired) electrons. The van der Waals surface area contributed by atoms with Gasteiger partial charge in [0.25, 0.3) is 5.56 Å². The van der Waals surface area contributed by atoms with Crippen LogP contribution < -0.4 is 10.3 Å².